The number of aromatic nitrogens is 1. The van der Waals surface area contributed by atoms with Crippen molar-refractivity contribution in [3.63, 3.8) is 0 Å². The quantitative estimate of drug-likeness (QED) is 0.592. The van der Waals surface area contributed by atoms with Crippen LogP contribution < -0.4 is 5.32 Å². The minimum absolute atomic E-state index is 0.0280. The first-order chi connectivity index (χ1) is 15.5. The van der Waals surface area contributed by atoms with Crippen LogP contribution in [-0.4, -0.2) is 91.1 Å². The summed E-state index contributed by atoms with van der Waals surface area (Å²) in [5.74, 6) is -1.93. The number of amides is 2. The van der Waals surface area contributed by atoms with E-state index in [-0.39, 0.29) is 31.0 Å². The molecule has 184 valence electrons. The molecule has 1 spiro atoms. The fourth-order valence-electron chi connectivity index (χ4n) is 3.87. The van der Waals surface area contributed by atoms with E-state index in [2.05, 4.69) is 10.3 Å². The molecule has 1 aliphatic heterocycles. The Hall–Kier alpha value is -2.24. The second-order valence-electron chi connectivity index (χ2n) is 9.05. The first-order valence-corrected chi connectivity index (χ1v) is 11.1. The molecule has 2 amide bonds. The molecule has 1 saturated heterocycles. The van der Waals surface area contributed by atoms with Gasteiger partial charge in [-0.25, -0.2) is 0 Å². The van der Waals surface area contributed by atoms with Gasteiger partial charge in [0, 0.05) is 49.9 Å². The Labute approximate surface area is 192 Å². The molecule has 1 aliphatic carbocycles. The molecular formula is C22H32F3N5O3. The van der Waals surface area contributed by atoms with Gasteiger partial charge >= 0.3 is 12.1 Å². The normalized spacial score (nSPS) is 19.7. The van der Waals surface area contributed by atoms with E-state index in [9.17, 15) is 22.8 Å². The molecule has 33 heavy (non-hydrogen) atoms. The summed E-state index contributed by atoms with van der Waals surface area (Å²) < 4.78 is 45.4. The standard InChI is InChI=1S/C22H32F3N5O3/c1-4-29(10-9-28(2)3)18(31)13-26-12-17-11-16(5-8-27-17)19-30(20(32)22(23,24)25)14-21(6-7-21)15-33-19/h5,8,11,19,26H,4,6-7,9-10,12-15H2,1-3H3. The van der Waals surface area contributed by atoms with Crippen molar-refractivity contribution in [3.8, 4) is 0 Å². The van der Waals surface area contributed by atoms with Gasteiger partial charge in [-0.1, -0.05) is 0 Å². The van der Waals surface area contributed by atoms with Crippen molar-refractivity contribution in [3.05, 3.63) is 29.6 Å². The van der Waals surface area contributed by atoms with Gasteiger partial charge in [-0.05, 0) is 46.0 Å². The lowest BCUT2D eigenvalue weighted by molar-refractivity contribution is -0.210. The third kappa shape index (κ3) is 6.64. The van der Waals surface area contributed by atoms with Crippen LogP contribution in [0.25, 0.3) is 0 Å². The molecule has 1 N–H and O–H groups in total. The fraction of sp³-hybridized carbons (Fsp3) is 0.682. The second-order valence-corrected chi connectivity index (χ2v) is 9.05. The van der Waals surface area contributed by atoms with Gasteiger partial charge in [-0.15, -0.1) is 0 Å². The summed E-state index contributed by atoms with van der Waals surface area (Å²) in [5.41, 5.74) is 0.626. The molecule has 1 unspecified atom stereocenters. The Bertz CT molecular complexity index is 845. The number of halogens is 3. The van der Waals surface area contributed by atoms with Gasteiger partial charge in [-0.3, -0.25) is 14.6 Å². The van der Waals surface area contributed by atoms with Crippen LogP contribution in [-0.2, 0) is 20.9 Å². The third-order valence-corrected chi connectivity index (χ3v) is 6.06. The minimum Gasteiger partial charge on any atom is -0.353 e. The van der Waals surface area contributed by atoms with E-state index < -0.39 is 18.3 Å². The molecule has 11 heteroatoms. The highest BCUT2D eigenvalue weighted by molar-refractivity contribution is 5.82. The van der Waals surface area contributed by atoms with Crippen LogP contribution >= 0.6 is 0 Å². The fourth-order valence-corrected chi connectivity index (χ4v) is 3.87. The maximum absolute atomic E-state index is 13.2. The first-order valence-electron chi connectivity index (χ1n) is 11.1. The minimum atomic E-state index is -4.97. The summed E-state index contributed by atoms with van der Waals surface area (Å²) in [5, 5.41) is 3.05. The van der Waals surface area contributed by atoms with Gasteiger partial charge in [0.25, 0.3) is 0 Å². The van der Waals surface area contributed by atoms with Crippen LogP contribution in [0, 0.1) is 5.41 Å². The Kier molecular flexibility index (Phi) is 7.96. The molecule has 1 saturated carbocycles. The molecule has 2 fully saturated rings. The molecule has 0 bridgehead atoms. The van der Waals surface area contributed by atoms with Gasteiger partial charge in [0.1, 0.15) is 0 Å². The molecule has 8 nitrogen and oxygen atoms in total. The van der Waals surface area contributed by atoms with E-state index in [1.807, 2.05) is 25.9 Å². The molecular weight excluding hydrogens is 439 g/mol. The number of ether oxygens (including phenoxy) is 1. The molecule has 3 rings (SSSR count). The third-order valence-electron chi connectivity index (χ3n) is 6.06. The lowest BCUT2D eigenvalue weighted by Gasteiger charge is -2.40. The highest BCUT2D eigenvalue weighted by Crippen LogP contribution is 2.51. The van der Waals surface area contributed by atoms with Crippen molar-refractivity contribution >= 4 is 11.8 Å². The summed E-state index contributed by atoms with van der Waals surface area (Å²) in [6.45, 7) is 4.64. The van der Waals surface area contributed by atoms with Crippen LogP contribution in [0.15, 0.2) is 18.3 Å². The summed E-state index contributed by atoms with van der Waals surface area (Å²) in [7, 11) is 3.89. The number of pyridine rings is 1. The zero-order valence-corrected chi connectivity index (χ0v) is 19.3. The van der Waals surface area contributed by atoms with E-state index in [1.54, 1.807) is 17.0 Å². The van der Waals surface area contributed by atoms with Gasteiger partial charge in [0.05, 0.1) is 18.8 Å². The highest BCUT2D eigenvalue weighted by Gasteiger charge is 2.54. The van der Waals surface area contributed by atoms with E-state index >= 15 is 0 Å². The van der Waals surface area contributed by atoms with E-state index in [4.69, 9.17) is 4.74 Å². The molecule has 0 radical (unpaired) electrons. The van der Waals surface area contributed by atoms with Crippen LogP contribution in [0.4, 0.5) is 13.2 Å². The number of hydrogen-bond acceptors (Lipinski definition) is 6. The largest absolute Gasteiger partial charge is 0.471 e. The molecule has 1 aromatic heterocycles. The Morgan fingerprint density at radius 2 is 2.03 bits per heavy atom. The Morgan fingerprint density at radius 3 is 2.64 bits per heavy atom. The molecule has 1 atom stereocenters. The van der Waals surface area contributed by atoms with E-state index in [1.165, 1.54) is 6.20 Å². The predicted molar refractivity (Wildman–Crippen MR) is 115 cm³/mol. The summed E-state index contributed by atoms with van der Waals surface area (Å²) in [6, 6.07) is 3.17. The number of carbonyl (C=O) groups excluding carboxylic acids is 2. The highest BCUT2D eigenvalue weighted by atomic mass is 19.4. The SMILES string of the molecule is CCN(CCN(C)C)C(=O)CNCc1cc(C2OCC3(CC3)CN2C(=O)C(F)(F)F)ccn1. The van der Waals surface area contributed by atoms with Gasteiger partial charge in [0.15, 0.2) is 6.23 Å². The number of nitrogens with zero attached hydrogens (tertiary/aromatic N) is 4. The maximum Gasteiger partial charge on any atom is 0.471 e. The van der Waals surface area contributed by atoms with Crippen molar-refractivity contribution in [2.45, 2.75) is 38.7 Å². The number of hydrogen-bond donors (Lipinski definition) is 1. The van der Waals surface area contributed by atoms with E-state index in [0.717, 1.165) is 24.3 Å². The van der Waals surface area contributed by atoms with Crippen molar-refractivity contribution in [2.24, 2.45) is 5.41 Å². The maximum atomic E-state index is 13.2. The van der Waals surface area contributed by atoms with E-state index in [0.29, 0.717) is 31.0 Å². The Balaban J connectivity index is 1.62. The van der Waals surface area contributed by atoms with Crippen molar-refractivity contribution in [1.82, 2.24) is 25.0 Å². The van der Waals surface area contributed by atoms with Crippen molar-refractivity contribution in [2.75, 3.05) is 53.4 Å². The predicted octanol–water partition coefficient (Wildman–Crippen LogP) is 1.78. The van der Waals surface area contributed by atoms with Gasteiger partial charge < -0.3 is 24.8 Å². The average molecular weight is 472 g/mol. The summed E-state index contributed by atoms with van der Waals surface area (Å²) in [4.78, 5) is 33.3. The van der Waals surface area contributed by atoms with Crippen LogP contribution in [0.2, 0.25) is 0 Å². The first kappa shape index (κ1) is 25.4. The second kappa shape index (κ2) is 10.4. The number of likely N-dealkylation sites (N-methyl/N-ethyl adjacent to an activating group) is 2. The van der Waals surface area contributed by atoms with Crippen LogP contribution in [0.1, 0.15) is 37.3 Å². The number of alkyl halides is 3. The lowest BCUT2D eigenvalue weighted by Crippen LogP contribution is -2.50. The van der Waals surface area contributed by atoms with Gasteiger partial charge in [-0.2, -0.15) is 13.2 Å². The van der Waals surface area contributed by atoms with Crippen LogP contribution in [0.3, 0.4) is 0 Å². The van der Waals surface area contributed by atoms with Crippen LogP contribution in [0.5, 0.6) is 0 Å². The molecule has 1 aromatic rings. The average Bonchev–Trinajstić information content (AvgIpc) is 3.51. The smallest absolute Gasteiger partial charge is 0.353 e. The topological polar surface area (TPSA) is 78.0 Å². The summed E-state index contributed by atoms with van der Waals surface area (Å²) in [6.07, 6.45) is -3.10. The Morgan fingerprint density at radius 1 is 1.30 bits per heavy atom. The molecule has 0 aromatic carbocycles. The number of nitrogens with one attached hydrogen (secondary N) is 1. The van der Waals surface area contributed by atoms with Crippen molar-refractivity contribution in [1.29, 1.82) is 0 Å². The number of rotatable bonds is 9. The summed E-state index contributed by atoms with van der Waals surface area (Å²) >= 11 is 0. The molecule has 2 aliphatic rings. The lowest BCUT2D eigenvalue weighted by atomic mass is 10.0. The van der Waals surface area contributed by atoms with Gasteiger partial charge in [0.2, 0.25) is 5.91 Å². The number of carbonyl (C=O) groups is 2. The molecule has 2 heterocycles. The zero-order chi connectivity index (χ0) is 24.2. The van der Waals surface area contributed by atoms with Crippen molar-refractivity contribution < 1.29 is 27.5 Å². The zero-order valence-electron chi connectivity index (χ0n) is 19.3. The monoisotopic (exact) mass is 471 g/mol.